The number of anilines is 1. The minimum Gasteiger partial charge on any atom is -0.382 e. The molecule has 0 amide bonds. The van der Waals surface area contributed by atoms with E-state index in [4.69, 9.17) is 5.73 Å². The molecule has 0 saturated carbocycles. The molecule has 5 heteroatoms. The molecule has 3 rings (SSSR count). The summed E-state index contributed by atoms with van der Waals surface area (Å²) >= 11 is 0. The predicted molar refractivity (Wildman–Crippen MR) is 61.5 cm³/mol. The topological polar surface area (TPSA) is 80.5 Å². The number of nitrogen functional groups attached to an aromatic ring is 1. The Hall–Kier alpha value is -2.43. The molecule has 0 aliphatic heterocycles. The van der Waals surface area contributed by atoms with E-state index in [9.17, 15) is 0 Å². The molecule has 1 aromatic carbocycles. The molecule has 0 radical (unpaired) electrons. The van der Waals surface area contributed by atoms with Crippen molar-refractivity contribution in [3.63, 3.8) is 0 Å². The van der Waals surface area contributed by atoms with Crippen molar-refractivity contribution < 1.29 is 0 Å². The van der Waals surface area contributed by atoms with E-state index in [-0.39, 0.29) is 0 Å². The number of nitrogens with two attached hydrogens (primary N) is 1. The lowest BCUT2D eigenvalue weighted by Gasteiger charge is -1.98. The number of hydrogen-bond donors (Lipinski definition) is 2. The summed E-state index contributed by atoms with van der Waals surface area (Å²) < 4.78 is 0. The van der Waals surface area contributed by atoms with Gasteiger partial charge in [-0.2, -0.15) is 5.10 Å². The quantitative estimate of drug-likeness (QED) is 0.640. The van der Waals surface area contributed by atoms with Crippen molar-refractivity contribution in [2.75, 3.05) is 5.73 Å². The van der Waals surface area contributed by atoms with Crippen LogP contribution in [0.25, 0.3) is 22.4 Å². The molecule has 16 heavy (non-hydrogen) atoms. The fourth-order valence-electron chi connectivity index (χ4n) is 1.56. The number of nitrogens with zero attached hydrogens (tertiary/aromatic N) is 3. The Bertz CT molecular complexity index is 643. The monoisotopic (exact) mass is 211 g/mol. The van der Waals surface area contributed by atoms with Gasteiger partial charge < -0.3 is 5.73 Å². The second kappa shape index (κ2) is 3.30. The van der Waals surface area contributed by atoms with Crippen LogP contribution >= 0.6 is 0 Å². The number of nitrogens with one attached hydrogen (secondary N) is 1. The van der Waals surface area contributed by atoms with Gasteiger partial charge >= 0.3 is 0 Å². The number of aromatic amines is 1. The van der Waals surface area contributed by atoms with Gasteiger partial charge in [-0.15, -0.1) is 0 Å². The van der Waals surface area contributed by atoms with E-state index in [1.165, 1.54) is 0 Å². The van der Waals surface area contributed by atoms with Crippen molar-refractivity contribution in [3.05, 3.63) is 36.5 Å². The summed E-state index contributed by atoms with van der Waals surface area (Å²) in [6.07, 6.45) is 1.70. The van der Waals surface area contributed by atoms with Gasteiger partial charge in [-0.25, -0.2) is 4.98 Å². The van der Waals surface area contributed by atoms with Gasteiger partial charge in [0.2, 0.25) is 0 Å². The highest BCUT2D eigenvalue weighted by molar-refractivity contribution is 5.76. The Morgan fingerprint density at radius 1 is 1.12 bits per heavy atom. The molecular weight excluding hydrogens is 202 g/mol. The molecule has 5 nitrogen and oxygen atoms in total. The number of benzene rings is 1. The highest BCUT2D eigenvalue weighted by Gasteiger charge is 2.04. The summed E-state index contributed by atoms with van der Waals surface area (Å²) in [4.78, 5) is 8.79. The maximum absolute atomic E-state index is 5.54. The first kappa shape index (κ1) is 8.84. The first-order valence-corrected chi connectivity index (χ1v) is 4.86. The van der Waals surface area contributed by atoms with Crippen molar-refractivity contribution in [1.29, 1.82) is 0 Å². The highest BCUT2D eigenvalue weighted by atomic mass is 15.2. The maximum Gasteiger partial charge on any atom is 0.145 e. The number of fused-ring (bicyclic) bond motifs is 1. The maximum atomic E-state index is 5.54. The molecule has 2 aromatic heterocycles. The Kier molecular flexibility index (Phi) is 1.83. The molecule has 3 N–H and O–H groups in total. The van der Waals surface area contributed by atoms with Crippen LogP contribution in [0.3, 0.4) is 0 Å². The summed E-state index contributed by atoms with van der Waals surface area (Å²) in [6.45, 7) is 0. The van der Waals surface area contributed by atoms with Gasteiger partial charge in [0.05, 0.1) is 22.9 Å². The Morgan fingerprint density at radius 2 is 1.94 bits per heavy atom. The van der Waals surface area contributed by atoms with Gasteiger partial charge in [0.15, 0.2) is 0 Å². The third-order valence-electron chi connectivity index (χ3n) is 2.32. The Morgan fingerprint density at radius 3 is 2.69 bits per heavy atom. The van der Waals surface area contributed by atoms with E-state index in [0.29, 0.717) is 5.82 Å². The van der Waals surface area contributed by atoms with Crippen LogP contribution in [-0.4, -0.2) is 20.2 Å². The van der Waals surface area contributed by atoms with Crippen LogP contribution in [0.2, 0.25) is 0 Å². The average molecular weight is 211 g/mol. The van der Waals surface area contributed by atoms with Crippen LogP contribution in [0, 0.1) is 0 Å². The zero-order chi connectivity index (χ0) is 11.0. The molecule has 2 heterocycles. The predicted octanol–water partition coefficient (Wildman–Crippen LogP) is 1.60. The fourth-order valence-corrected chi connectivity index (χ4v) is 1.56. The Labute approximate surface area is 91.3 Å². The van der Waals surface area contributed by atoms with Gasteiger partial charge in [0.25, 0.3) is 0 Å². The summed E-state index contributed by atoms with van der Waals surface area (Å²) in [5, 5.41) is 6.67. The minimum atomic E-state index is 0.449. The molecule has 0 aliphatic carbocycles. The lowest BCUT2D eigenvalue weighted by Crippen LogP contribution is -1.88. The number of hydrogen-bond acceptors (Lipinski definition) is 4. The van der Waals surface area contributed by atoms with Crippen LogP contribution in [-0.2, 0) is 0 Å². The third-order valence-corrected chi connectivity index (χ3v) is 2.32. The second-order valence-corrected chi connectivity index (χ2v) is 3.45. The number of aromatic nitrogens is 4. The average Bonchev–Trinajstić information content (AvgIpc) is 2.75. The molecule has 0 spiro atoms. The zero-order valence-electron chi connectivity index (χ0n) is 8.38. The van der Waals surface area contributed by atoms with Crippen LogP contribution < -0.4 is 5.73 Å². The SMILES string of the molecule is Nc1cc(-c2cnc3ccccc3n2)[nH]n1. The fraction of sp³-hybridized carbons (Fsp3) is 0. The first-order valence-electron chi connectivity index (χ1n) is 4.86. The molecule has 0 atom stereocenters. The van der Waals surface area contributed by atoms with Crippen LogP contribution in [0.5, 0.6) is 0 Å². The normalized spacial score (nSPS) is 10.8. The molecule has 0 fully saturated rings. The minimum absolute atomic E-state index is 0.449. The van der Waals surface area contributed by atoms with Crippen molar-refractivity contribution in [2.45, 2.75) is 0 Å². The molecule has 3 aromatic rings. The highest BCUT2D eigenvalue weighted by Crippen LogP contribution is 2.17. The molecule has 0 saturated heterocycles. The van der Waals surface area contributed by atoms with E-state index < -0.39 is 0 Å². The standard InChI is InChI=1S/C11H9N5/c12-11-5-9(15-16-11)10-6-13-7-3-1-2-4-8(7)14-10/h1-6H,(H3,12,15,16). The molecule has 0 bridgehead atoms. The number of H-pyrrole nitrogens is 1. The Balaban J connectivity index is 2.18. The van der Waals surface area contributed by atoms with Gasteiger partial charge in [-0.1, -0.05) is 12.1 Å². The number of rotatable bonds is 1. The van der Waals surface area contributed by atoms with Gasteiger partial charge in [0.1, 0.15) is 11.5 Å². The van der Waals surface area contributed by atoms with Gasteiger partial charge in [-0.3, -0.25) is 10.1 Å². The van der Waals surface area contributed by atoms with E-state index >= 15 is 0 Å². The summed E-state index contributed by atoms with van der Waals surface area (Å²) in [5.74, 6) is 0.449. The number of para-hydroxylation sites is 2. The molecule has 0 unspecified atom stereocenters. The zero-order valence-corrected chi connectivity index (χ0v) is 8.38. The lowest BCUT2D eigenvalue weighted by atomic mass is 10.2. The van der Waals surface area contributed by atoms with Crippen LogP contribution in [0.4, 0.5) is 5.82 Å². The van der Waals surface area contributed by atoms with Crippen molar-refractivity contribution in [2.24, 2.45) is 0 Å². The second-order valence-electron chi connectivity index (χ2n) is 3.45. The lowest BCUT2D eigenvalue weighted by molar-refractivity contribution is 1.09. The first-order chi connectivity index (χ1) is 7.83. The summed E-state index contributed by atoms with van der Waals surface area (Å²) in [5.41, 5.74) is 8.78. The van der Waals surface area contributed by atoms with Crippen molar-refractivity contribution in [3.8, 4) is 11.4 Å². The smallest absolute Gasteiger partial charge is 0.145 e. The van der Waals surface area contributed by atoms with E-state index in [1.54, 1.807) is 12.3 Å². The van der Waals surface area contributed by atoms with Crippen LogP contribution in [0.15, 0.2) is 36.5 Å². The van der Waals surface area contributed by atoms with E-state index in [1.807, 2.05) is 24.3 Å². The molecule has 78 valence electrons. The molecule has 0 aliphatic rings. The summed E-state index contributed by atoms with van der Waals surface area (Å²) in [7, 11) is 0. The van der Waals surface area contributed by atoms with Crippen molar-refractivity contribution >= 4 is 16.9 Å². The van der Waals surface area contributed by atoms with Crippen molar-refractivity contribution in [1.82, 2.24) is 20.2 Å². The van der Waals surface area contributed by atoms with E-state index in [0.717, 1.165) is 22.4 Å². The van der Waals surface area contributed by atoms with Gasteiger partial charge in [0, 0.05) is 6.07 Å². The third kappa shape index (κ3) is 1.38. The van der Waals surface area contributed by atoms with Gasteiger partial charge in [-0.05, 0) is 12.1 Å². The largest absolute Gasteiger partial charge is 0.382 e. The van der Waals surface area contributed by atoms with E-state index in [2.05, 4.69) is 20.2 Å². The summed E-state index contributed by atoms with van der Waals surface area (Å²) in [6, 6.07) is 9.45. The van der Waals surface area contributed by atoms with Crippen LogP contribution in [0.1, 0.15) is 0 Å². The molecular formula is C11H9N5.